The first kappa shape index (κ1) is 11.7. The van der Waals surface area contributed by atoms with E-state index in [9.17, 15) is 12.8 Å². The molecule has 2 heterocycles. The minimum atomic E-state index is -3.64. The number of hydrogen-bond acceptors (Lipinski definition) is 4. The van der Waals surface area contributed by atoms with Crippen LogP contribution in [0.3, 0.4) is 0 Å². The highest BCUT2D eigenvalue weighted by Gasteiger charge is 2.33. The molecular formula is C11H12FNO4S. The average molecular weight is 273 g/mol. The molecule has 1 aromatic carbocycles. The van der Waals surface area contributed by atoms with Gasteiger partial charge in [0.1, 0.15) is 6.17 Å². The van der Waals surface area contributed by atoms with E-state index >= 15 is 0 Å². The molecule has 0 radical (unpaired) electrons. The lowest BCUT2D eigenvalue weighted by molar-refractivity contribution is 0.174. The van der Waals surface area contributed by atoms with Crippen molar-refractivity contribution in [1.82, 2.24) is 4.31 Å². The molecule has 2 aliphatic rings. The second kappa shape index (κ2) is 4.10. The largest absolute Gasteiger partial charge is 0.454 e. The molecule has 1 aromatic rings. The van der Waals surface area contributed by atoms with E-state index in [0.29, 0.717) is 11.5 Å². The van der Waals surface area contributed by atoms with Gasteiger partial charge in [-0.1, -0.05) is 0 Å². The molecule has 0 aromatic heterocycles. The summed E-state index contributed by atoms with van der Waals surface area (Å²) in [5.74, 6) is 0.936. The van der Waals surface area contributed by atoms with Gasteiger partial charge in [-0.3, -0.25) is 0 Å². The molecule has 5 nitrogen and oxygen atoms in total. The Morgan fingerprint density at radius 2 is 2.06 bits per heavy atom. The first-order chi connectivity index (χ1) is 8.57. The van der Waals surface area contributed by atoms with E-state index in [2.05, 4.69) is 0 Å². The van der Waals surface area contributed by atoms with Crippen LogP contribution in [0.1, 0.15) is 6.42 Å². The Morgan fingerprint density at radius 3 is 2.78 bits per heavy atom. The summed E-state index contributed by atoms with van der Waals surface area (Å²) in [6.07, 6.45) is -0.821. The van der Waals surface area contributed by atoms with Crippen molar-refractivity contribution >= 4 is 10.0 Å². The number of sulfonamides is 1. The van der Waals surface area contributed by atoms with Gasteiger partial charge in [0.15, 0.2) is 11.5 Å². The standard InChI is InChI=1S/C11H12FNO4S/c12-8-3-4-13(6-8)18(14,15)9-1-2-10-11(5-9)17-7-16-10/h1-2,5,8H,3-4,6-7H2. The third-order valence-corrected chi connectivity index (χ3v) is 4.94. The number of rotatable bonds is 2. The minimum absolute atomic E-state index is 0.0726. The lowest BCUT2D eigenvalue weighted by Gasteiger charge is -2.15. The molecule has 0 N–H and O–H groups in total. The van der Waals surface area contributed by atoms with Crippen LogP contribution in [0.15, 0.2) is 23.1 Å². The first-order valence-corrected chi connectivity index (χ1v) is 7.05. The quantitative estimate of drug-likeness (QED) is 0.811. The number of hydrogen-bond donors (Lipinski definition) is 0. The molecule has 0 bridgehead atoms. The van der Waals surface area contributed by atoms with E-state index in [1.165, 1.54) is 12.1 Å². The van der Waals surface area contributed by atoms with E-state index in [1.54, 1.807) is 6.07 Å². The van der Waals surface area contributed by atoms with E-state index in [0.717, 1.165) is 4.31 Å². The van der Waals surface area contributed by atoms with Crippen LogP contribution < -0.4 is 9.47 Å². The molecule has 7 heteroatoms. The second-order valence-corrected chi connectivity index (χ2v) is 6.20. The summed E-state index contributed by atoms with van der Waals surface area (Å²) in [6, 6.07) is 4.43. The zero-order chi connectivity index (χ0) is 12.8. The fourth-order valence-corrected chi connectivity index (χ4v) is 3.59. The molecule has 0 aliphatic carbocycles. The van der Waals surface area contributed by atoms with Crippen molar-refractivity contribution in [3.63, 3.8) is 0 Å². The third kappa shape index (κ3) is 1.83. The summed E-state index contributed by atoms with van der Waals surface area (Å²) in [6.45, 7) is 0.240. The van der Waals surface area contributed by atoms with Crippen LogP contribution >= 0.6 is 0 Å². The highest BCUT2D eigenvalue weighted by Crippen LogP contribution is 2.35. The number of fused-ring (bicyclic) bond motifs is 1. The zero-order valence-corrected chi connectivity index (χ0v) is 10.3. The van der Waals surface area contributed by atoms with Crippen LogP contribution in [0, 0.1) is 0 Å². The van der Waals surface area contributed by atoms with Crippen molar-refractivity contribution in [2.24, 2.45) is 0 Å². The predicted molar refractivity (Wildman–Crippen MR) is 60.8 cm³/mol. The SMILES string of the molecule is O=S(=O)(c1ccc2c(c1)OCO2)N1CCC(F)C1. The lowest BCUT2D eigenvalue weighted by atomic mass is 10.3. The normalized spacial score (nSPS) is 23.5. The second-order valence-electron chi connectivity index (χ2n) is 4.26. The van der Waals surface area contributed by atoms with Gasteiger partial charge < -0.3 is 9.47 Å². The topological polar surface area (TPSA) is 55.8 Å². The summed E-state index contributed by atoms with van der Waals surface area (Å²) in [7, 11) is -3.64. The van der Waals surface area contributed by atoms with Gasteiger partial charge in [-0.25, -0.2) is 12.8 Å². The Balaban J connectivity index is 1.94. The molecule has 0 amide bonds. The molecule has 98 valence electrons. The predicted octanol–water partition coefficient (Wildman–Crippen LogP) is 1.15. The van der Waals surface area contributed by atoms with E-state index in [-0.39, 0.29) is 31.2 Å². The maximum atomic E-state index is 13.1. The van der Waals surface area contributed by atoms with Gasteiger partial charge >= 0.3 is 0 Å². The fourth-order valence-electron chi connectivity index (χ4n) is 2.09. The van der Waals surface area contributed by atoms with Crippen LogP contribution in [0.5, 0.6) is 11.5 Å². The average Bonchev–Trinajstić information content (AvgIpc) is 2.96. The zero-order valence-electron chi connectivity index (χ0n) is 9.50. The number of nitrogens with zero attached hydrogens (tertiary/aromatic N) is 1. The van der Waals surface area contributed by atoms with Gasteiger partial charge in [0.25, 0.3) is 0 Å². The molecule has 1 atom stereocenters. The smallest absolute Gasteiger partial charge is 0.243 e. The van der Waals surface area contributed by atoms with Gasteiger partial charge in [-0.15, -0.1) is 0 Å². The molecule has 2 aliphatic heterocycles. The summed E-state index contributed by atoms with van der Waals surface area (Å²) in [5, 5.41) is 0. The van der Waals surface area contributed by atoms with Crippen LogP contribution in [-0.4, -0.2) is 38.8 Å². The van der Waals surface area contributed by atoms with Crippen LogP contribution in [-0.2, 0) is 10.0 Å². The molecule has 1 fully saturated rings. The Hall–Kier alpha value is -1.34. The van der Waals surface area contributed by atoms with Crippen LogP contribution in [0.25, 0.3) is 0 Å². The minimum Gasteiger partial charge on any atom is -0.454 e. The van der Waals surface area contributed by atoms with Gasteiger partial charge in [0.05, 0.1) is 4.90 Å². The molecular weight excluding hydrogens is 261 g/mol. The number of alkyl halides is 1. The van der Waals surface area contributed by atoms with Gasteiger partial charge in [0, 0.05) is 19.2 Å². The van der Waals surface area contributed by atoms with Crippen molar-refractivity contribution in [3.05, 3.63) is 18.2 Å². The van der Waals surface area contributed by atoms with Crippen molar-refractivity contribution < 1.29 is 22.3 Å². The number of halogens is 1. The molecule has 0 saturated carbocycles. The Kier molecular flexibility index (Phi) is 2.67. The van der Waals surface area contributed by atoms with Crippen molar-refractivity contribution in [2.45, 2.75) is 17.5 Å². The Labute approximate surface area is 104 Å². The molecule has 18 heavy (non-hydrogen) atoms. The van der Waals surface area contributed by atoms with Crippen molar-refractivity contribution in [3.8, 4) is 11.5 Å². The first-order valence-electron chi connectivity index (χ1n) is 5.61. The molecule has 0 spiro atoms. The van der Waals surface area contributed by atoms with Gasteiger partial charge in [-0.2, -0.15) is 4.31 Å². The molecule has 1 unspecified atom stereocenters. The lowest BCUT2D eigenvalue weighted by Crippen LogP contribution is -2.29. The van der Waals surface area contributed by atoms with Gasteiger partial charge in [0.2, 0.25) is 16.8 Å². The Bertz CT molecular complexity index is 574. The van der Waals surface area contributed by atoms with E-state index in [4.69, 9.17) is 9.47 Å². The van der Waals surface area contributed by atoms with Crippen molar-refractivity contribution in [2.75, 3.05) is 19.9 Å². The highest BCUT2D eigenvalue weighted by atomic mass is 32.2. The summed E-state index contributed by atoms with van der Waals surface area (Å²) in [5.41, 5.74) is 0. The fraction of sp³-hybridized carbons (Fsp3) is 0.455. The Morgan fingerprint density at radius 1 is 1.28 bits per heavy atom. The summed E-state index contributed by atoms with van der Waals surface area (Å²) in [4.78, 5) is 0.112. The maximum absolute atomic E-state index is 13.1. The van der Waals surface area contributed by atoms with E-state index in [1.807, 2.05) is 0 Å². The summed E-state index contributed by atoms with van der Waals surface area (Å²) >= 11 is 0. The highest BCUT2D eigenvalue weighted by molar-refractivity contribution is 7.89. The molecule has 3 rings (SSSR count). The molecule has 1 saturated heterocycles. The van der Waals surface area contributed by atoms with Crippen LogP contribution in [0.4, 0.5) is 4.39 Å². The third-order valence-electron chi connectivity index (χ3n) is 3.08. The van der Waals surface area contributed by atoms with Gasteiger partial charge in [-0.05, 0) is 18.6 Å². The van der Waals surface area contributed by atoms with E-state index < -0.39 is 16.2 Å². The summed E-state index contributed by atoms with van der Waals surface area (Å²) < 4.78 is 49.0. The number of ether oxygens (including phenoxy) is 2. The monoisotopic (exact) mass is 273 g/mol. The maximum Gasteiger partial charge on any atom is 0.243 e. The van der Waals surface area contributed by atoms with Crippen molar-refractivity contribution in [1.29, 1.82) is 0 Å². The van der Waals surface area contributed by atoms with Crippen LogP contribution in [0.2, 0.25) is 0 Å². The number of benzene rings is 1.